The van der Waals surface area contributed by atoms with Crippen molar-refractivity contribution >= 4 is 0 Å². The number of hydrogen-bond acceptors (Lipinski definition) is 0. The van der Waals surface area contributed by atoms with Crippen LogP contribution in [0.2, 0.25) is 0 Å². The monoisotopic (exact) mass is 316 g/mol. The molecule has 1 nitrogen and oxygen atoms in total. The average molecular weight is 316 g/mol. The second-order valence-electron chi connectivity index (χ2n) is 6.93. The van der Waals surface area contributed by atoms with Crippen molar-refractivity contribution in [2.75, 3.05) is 0 Å². The molecule has 0 radical (unpaired) electrons. The molecule has 0 aliphatic rings. The van der Waals surface area contributed by atoms with Crippen LogP contribution < -0.4 is 4.57 Å². The third-order valence-corrected chi connectivity index (χ3v) is 5.03. The van der Waals surface area contributed by atoms with Gasteiger partial charge in [-0.15, -0.1) is 0 Å². The first-order chi connectivity index (χ1) is 11.4. The molecule has 0 bridgehead atoms. The molecule has 2 aromatic carbocycles. The number of aromatic nitrogens is 1. The van der Waals surface area contributed by atoms with Crippen LogP contribution >= 0.6 is 0 Å². The number of rotatable bonds is 2. The summed E-state index contributed by atoms with van der Waals surface area (Å²) in [5, 5.41) is 0. The van der Waals surface area contributed by atoms with Gasteiger partial charge in [0.15, 0.2) is 6.20 Å². The van der Waals surface area contributed by atoms with Gasteiger partial charge in [-0.05, 0) is 74.1 Å². The molecule has 3 aromatic rings. The molecule has 1 heteroatoms. The first kappa shape index (κ1) is 16.4. The van der Waals surface area contributed by atoms with Gasteiger partial charge in [0, 0.05) is 17.2 Å². The molecule has 24 heavy (non-hydrogen) atoms. The summed E-state index contributed by atoms with van der Waals surface area (Å²) in [6.07, 6.45) is 2.22. The molecule has 0 N–H and O–H groups in total. The summed E-state index contributed by atoms with van der Waals surface area (Å²) in [5.74, 6) is 0. The van der Waals surface area contributed by atoms with Gasteiger partial charge in [-0.1, -0.05) is 30.3 Å². The molecule has 1 heterocycles. The molecular weight excluding hydrogens is 290 g/mol. The van der Waals surface area contributed by atoms with Crippen LogP contribution in [0.5, 0.6) is 0 Å². The number of benzene rings is 2. The van der Waals surface area contributed by atoms with Crippen molar-refractivity contribution in [2.24, 2.45) is 7.05 Å². The van der Waals surface area contributed by atoms with Gasteiger partial charge < -0.3 is 0 Å². The quantitative estimate of drug-likeness (QED) is 0.558. The van der Waals surface area contributed by atoms with E-state index in [0.29, 0.717) is 0 Å². The van der Waals surface area contributed by atoms with Crippen molar-refractivity contribution in [3.8, 4) is 22.4 Å². The highest BCUT2D eigenvalue weighted by Crippen LogP contribution is 2.33. The Morgan fingerprint density at radius 3 is 1.96 bits per heavy atom. The van der Waals surface area contributed by atoms with Crippen molar-refractivity contribution in [1.82, 2.24) is 0 Å². The first-order valence-electron chi connectivity index (χ1n) is 8.53. The normalized spacial score (nSPS) is 10.9. The summed E-state index contributed by atoms with van der Waals surface area (Å²) in [6, 6.07) is 15.6. The number of aryl methyl sites for hydroxylation is 6. The first-order valence-corrected chi connectivity index (χ1v) is 8.53. The third-order valence-electron chi connectivity index (χ3n) is 5.03. The molecular formula is C23H26N+. The molecule has 0 unspecified atom stereocenters. The summed E-state index contributed by atoms with van der Waals surface area (Å²) in [4.78, 5) is 0. The Labute approximate surface area is 145 Å². The van der Waals surface area contributed by atoms with Gasteiger partial charge in [-0.2, -0.15) is 0 Å². The maximum atomic E-state index is 2.36. The van der Waals surface area contributed by atoms with E-state index in [2.05, 4.69) is 94.9 Å². The van der Waals surface area contributed by atoms with Crippen LogP contribution in [0.1, 0.15) is 27.8 Å². The molecule has 0 aliphatic carbocycles. The van der Waals surface area contributed by atoms with Gasteiger partial charge in [0.2, 0.25) is 5.69 Å². The average Bonchev–Trinajstić information content (AvgIpc) is 2.53. The highest BCUT2D eigenvalue weighted by atomic mass is 14.9. The lowest BCUT2D eigenvalue weighted by Gasteiger charge is -2.14. The van der Waals surface area contributed by atoms with E-state index >= 15 is 0 Å². The molecule has 0 spiro atoms. The minimum atomic E-state index is 1.27. The topological polar surface area (TPSA) is 3.88 Å². The van der Waals surface area contributed by atoms with Gasteiger partial charge in [-0.25, -0.2) is 4.57 Å². The summed E-state index contributed by atoms with van der Waals surface area (Å²) in [7, 11) is 2.13. The second kappa shape index (κ2) is 6.24. The number of pyridine rings is 1. The van der Waals surface area contributed by atoms with Crippen LogP contribution in [0.25, 0.3) is 22.4 Å². The van der Waals surface area contributed by atoms with Crippen molar-refractivity contribution in [3.63, 3.8) is 0 Å². The predicted molar refractivity (Wildman–Crippen MR) is 102 cm³/mol. The highest BCUT2D eigenvalue weighted by molar-refractivity contribution is 5.77. The Hall–Kier alpha value is -2.41. The van der Waals surface area contributed by atoms with Gasteiger partial charge in [0.1, 0.15) is 7.05 Å². The van der Waals surface area contributed by atoms with Crippen LogP contribution in [0.3, 0.4) is 0 Å². The van der Waals surface area contributed by atoms with E-state index in [1.165, 1.54) is 50.2 Å². The van der Waals surface area contributed by atoms with E-state index in [1.807, 2.05) is 0 Å². The Balaban J connectivity index is 2.26. The van der Waals surface area contributed by atoms with Crippen molar-refractivity contribution in [1.29, 1.82) is 0 Å². The van der Waals surface area contributed by atoms with Gasteiger partial charge in [0.05, 0.1) is 0 Å². The Morgan fingerprint density at radius 2 is 1.25 bits per heavy atom. The molecule has 0 atom stereocenters. The largest absolute Gasteiger partial charge is 0.212 e. The van der Waals surface area contributed by atoms with Crippen molar-refractivity contribution in [3.05, 3.63) is 76.5 Å². The Bertz CT molecular complexity index is 920. The van der Waals surface area contributed by atoms with Crippen molar-refractivity contribution in [2.45, 2.75) is 34.6 Å². The molecule has 0 amide bonds. The predicted octanol–water partition coefficient (Wildman–Crippen LogP) is 5.39. The molecule has 0 saturated heterocycles. The minimum Gasteiger partial charge on any atom is -0.201 e. The van der Waals surface area contributed by atoms with E-state index in [-0.39, 0.29) is 0 Å². The molecule has 0 aliphatic heterocycles. The van der Waals surface area contributed by atoms with E-state index in [1.54, 1.807) is 0 Å². The molecule has 0 saturated carbocycles. The molecule has 3 rings (SSSR count). The van der Waals surface area contributed by atoms with E-state index in [0.717, 1.165) is 0 Å². The standard InChI is InChI=1S/C23H26N/c1-15-9-7-8-10-20(15)21-13-22(18(4)11-17(21)3)23-12-16(2)19(5)14-24(23)6/h7-14H,1-6H3/q+1. The lowest BCUT2D eigenvalue weighted by Crippen LogP contribution is -2.31. The van der Waals surface area contributed by atoms with Crippen LogP contribution in [0.4, 0.5) is 0 Å². The zero-order valence-corrected chi connectivity index (χ0v) is 15.6. The van der Waals surface area contributed by atoms with Gasteiger partial charge >= 0.3 is 0 Å². The maximum Gasteiger partial charge on any atom is 0.212 e. The minimum absolute atomic E-state index is 1.27. The summed E-state index contributed by atoms with van der Waals surface area (Å²) >= 11 is 0. The summed E-state index contributed by atoms with van der Waals surface area (Å²) < 4.78 is 2.24. The van der Waals surface area contributed by atoms with Crippen LogP contribution in [0.15, 0.2) is 48.7 Å². The third kappa shape index (κ3) is 2.87. The lowest BCUT2D eigenvalue weighted by molar-refractivity contribution is -0.660. The van der Waals surface area contributed by atoms with Gasteiger partial charge in [0.25, 0.3) is 0 Å². The van der Waals surface area contributed by atoms with Gasteiger partial charge in [-0.3, -0.25) is 0 Å². The second-order valence-corrected chi connectivity index (χ2v) is 6.93. The number of hydrogen-bond donors (Lipinski definition) is 0. The van der Waals surface area contributed by atoms with E-state index < -0.39 is 0 Å². The SMILES string of the molecule is Cc1cc(-c2cc(-c3ccccc3C)c(C)cc2C)[n+](C)cc1C. The van der Waals surface area contributed by atoms with E-state index in [4.69, 9.17) is 0 Å². The molecule has 1 aromatic heterocycles. The summed E-state index contributed by atoms with van der Waals surface area (Å²) in [6.45, 7) is 11.0. The zero-order valence-electron chi connectivity index (χ0n) is 15.6. The smallest absolute Gasteiger partial charge is 0.201 e. The van der Waals surface area contributed by atoms with Crippen LogP contribution in [-0.2, 0) is 7.05 Å². The fraction of sp³-hybridized carbons (Fsp3) is 0.261. The summed E-state index contributed by atoms with van der Waals surface area (Å²) in [5.41, 5.74) is 11.9. The lowest BCUT2D eigenvalue weighted by atomic mass is 9.91. The Morgan fingerprint density at radius 1 is 0.583 bits per heavy atom. The van der Waals surface area contributed by atoms with Crippen molar-refractivity contribution < 1.29 is 4.57 Å². The van der Waals surface area contributed by atoms with Crippen LogP contribution in [0, 0.1) is 34.6 Å². The zero-order chi connectivity index (χ0) is 17.4. The fourth-order valence-corrected chi connectivity index (χ4v) is 3.44. The molecule has 0 fully saturated rings. The molecule has 122 valence electrons. The number of nitrogens with zero attached hydrogens (tertiary/aromatic N) is 1. The van der Waals surface area contributed by atoms with E-state index in [9.17, 15) is 0 Å². The highest BCUT2D eigenvalue weighted by Gasteiger charge is 2.17. The fourth-order valence-electron chi connectivity index (χ4n) is 3.44. The maximum absolute atomic E-state index is 2.36. The van der Waals surface area contributed by atoms with Crippen LogP contribution in [-0.4, -0.2) is 0 Å². The Kier molecular flexibility index (Phi) is 4.28.